The lowest BCUT2D eigenvalue weighted by atomic mass is 9.99. The van der Waals surface area contributed by atoms with Crippen LogP contribution in [0.2, 0.25) is 5.02 Å². The number of piperidine rings is 2. The monoisotopic (exact) mass is 517 g/mol. The van der Waals surface area contributed by atoms with Gasteiger partial charge in [-0.3, -0.25) is 9.59 Å². The summed E-state index contributed by atoms with van der Waals surface area (Å²) in [5.74, 6) is -0.405. The maximum atomic E-state index is 13.3. The Bertz CT molecular complexity index is 1050. The van der Waals surface area contributed by atoms with Crippen LogP contribution < -0.4 is 16.4 Å². The molecule has 1 aromatic rings. The van der Waals surface area contributed by atoms with Gasteiger partial charge in [0.2, 0.25) is 5.91 Å². The van der Waals surface area contributed by atoms with E-state index in [4.69, 9.17) is 17.3 Å². The first-order chi connectivity index (χ1) is 15.2. The average Bonchev–Trinajstić information content (AvgIpc) is 3.23. The van der Waals surface area contributed by atoms with Gasteiger partial charge in [-0.25, -0.2) is 0 Å². The minimum atomic E-state index is -3.53. The first-order valence-electron chi connectivity index (χ1n) is 11.2. The molecule has 4 N–H and O–H groups in total. The second-order valence-corrected chi connectivity index (χ2v) is 11.6. The van der Waals surface area contributed by atoms with E-state index in [-0.39, 0.29) is 59.8 Å². The SMILES string of the molecule is Cl.NC1CCN(S(=O)(=O)N2[C@@H]3CC[C@H]2C[C@@H](NC(=O)c2cc4c(cc2Cl)NC(=O)C4)C3)CC1. The summed E-state index contributed by atoms with van der Waals surface area (Å²) in [6.45, 7) is 0.932. The highest BCUT2D eigenvalue weighted by Crippen LogP contribution is 2.39. The van der Waals surface area contributed by atoms with Gasteiger partial charge in [-0.15, -0.1) is 12.4 Å². The van der Waals surface area contributed by atoms with Crippen LogP contribution in [0.15, 0.2) is 12.1 Å². The molecule has 4 heterocycles. The van der Waals surface area contributed by atoms with Gasteiger partial charge < -0.3 is 16.4 Å². The molecule has 12 heteroatoms. The molecular weight excluding hydrogens is 489 g/mol. The Morgan fingerprint density at radius 1 is 1.12 bits per heavy atom. The predicted octanol–water partition coefficient (Wildman–Crippen LogP) is 1.65. The van der Waals surface area contributed by atoms with Crippen LogP contribution in [0.3, 0.4) is 0 Å². The van der Waals surface area contributed by atoms with Crippen LogP contribution in [0.5, 0.6) is 0 Å². The quantitative estimate of drug-likeness (QED) is 0.559. The summed E-state index contributed by atoms with van der Waals surface area (Å²) >= 11 is 6.30. The first-order valence-corrected chi connectivity index (χ1v) is 13.0. The number of nitrogens with one attached hydrogen (secondary N) is 2. The number of halogens is 2. The van der Waals surface area contributed by atoms with Gasteiger partial charge in [0.05, 0.1) is 17.0 Å². The average molecular weight is 518 g/mol. The molecule has 0 saturated carbocycles. The maximum Gasteiger partial charge on any atom is 0.282 e. The van der Waals surface area contributed by atoms with Gasteiger partial charge >= 0.3 is 0 Å². The Kier molecular flexibility index (Phi) is 6.97. The number of fused-ring (bicyclic) bond motifs is 3. The topological polar surface area (TPSA) is 125 Å². The molecule has 4 aliphatic rings. The van der Waals surface area contributed by atoms with Crippen molar-refractivity contribution in [2.75, 3.05) is 18.4 Å². The molecule has 0 spiro atoms. The Balaban J connectivity index is 0.00000259. The summed E-state index contributed by atoms with van der Waals surface area (Å²) in [5.41, 5.74) is 7.68. The third-order valence-electron chi connectivity index (χ3n) is 7.16. The number of carbonyl (C=O) groups excluding carboxylic acids is 2. The summed E-state index contributed by atoms with van der Waals surface area (Å²) in [6.07, 6.45) is 4.37. The fraction of sp³-hybridized carbons (Fsp3) is 0.619. The normalized spacial score (nSPS) is 28.2. The smallest absolute Gasteiger partial charge is 0.282 e. The van der Waals surface area contributed by atoms with Crippen LogP contribution in [0.25, 0.3) is 0 Å². The van der Waals surface area contributed by atoms with E-state index in [0.29, 0.717) is 50.0 Å². The van der Waals surface area contributed by atoms with Gasteiger partial charge in [-0.05, 0) is 56.2 Å². The van der Waals surface area contributed by atoms with Crippen molar-refractivity contribution in [1.82, 2.24) is 13.9 Å². The summed E-state index contributed by atoms with van der Waals surface area (Å²) < 4.78 is 29.9. The molecular formula is C21H29Cl2N5O4S. The van der Waals surface area contributed by atoms with Gasteiger partial charge in [-0.2, -0.15) is 17.0 Å². The highest BCUT2D eigenvalue weighted by Gasteiger charge is 2.49. The van der Waals surface area contributed by atoms with E-state index in [9.17, 15) is 18.0 Å². The molecule has 2 bridgehead atoms. The number of amides is 2. The zero-order valence-electron chi connectivity index (χ0n) is 18.1. The lowest BCUT2D eigenvalue weighted by molar-refractivity contribution is -0.115. The van der Waals surface area contributed by atoms with Crippen molar-refractivity contribution < 1.29 is 18.0 Å². The molecule has 3 atom stereocenters. The molecule has 5 rings (SSSR count). The molecule has 0 aliphatic carbocycles. The Morgan fingerprint density at radius 3 is 2.39 bits per heavy atom. The molecule has 9 nitrogen and oxygen atoms in total. The van der Waals surface area contributed by atoms with Crippen LogP contribution >= 0.6 is 24.0 Å². The lowest BCUT2D eigenvalue weighted by Crippen LogP contribution is -2.57. The first kappa shape index (κ1) is 24.7. The molecule has 3 fully saturated rings. The molecule has 2 amide bonds. The van der Waals surface area contributed by atoms with Crippen LogP contribution in [0.4, 0.5) is 5.69 Å². The molecule has 4 aliphatic heterocycles. The molecule has 0 radical (unpaired) electrons. The third-order valence-corrected chi connectivity index (χ3v) is 9.61. The van der Waals surface area contributed by atoms with E-state index in [1.165, 1.54) is 0 Å². The van der Waals surface area contributed by atoms with Crippen molar-refractivity contribution in [1.29, 1.82) is 0 Å². The molecule has 33 heavy (non-hydrogen) atoms. The summed E-state index contributed by atoms with van der Waals surface area (Å²) in [4.78, 5) is 24.6. The van der Waals surface area contributed by atoms with Crippen LogP contribution in [0.1, 0.15) is 54.4 Å². The number of carbonyl (C=O) groups is 2. The number of hydrogen-bond acceptors (Lipinski definition) is 5. The Hall–Kier alpha value is -1.43. The van der Waals surface area contributed by atoms with Crippen molar-refractivity contribution >= 4 is 51.7 Å². The lowest BCUT2D eigenvalue weighted by Gasteiger charge is -2.41. The van der Waals surface area contributed by atoms with Crippen LogP contribution in [-0.2, 0) is 21.4 Å². The summed E-state index contributed by atoms with van der Waals surface area (Å²) in [6, 6.07) is 3.00. The van der Waals surface area contributed by atoms with Gasteiger partial charge in [-0.1, -0.05) is 11.6 Å². The molecule has 182 valence electrons. The van der Waals surface area contributed by atoms with E-state index < -0.39 is 10.2 Å². The molecule has 0 aromatic heterocycles. The van der Waals surface area contributed by atoms with Crippen LogP contribution in [0, 0.1) is 0 Å². The molecule has 0 unspecified atom stereocenters. The Morgan fingerprint density at radius 2 is 1.76 bits per heavy atom. The van der Waals surface area contributed by atoms with E-state index in [2.05, 4.69) is 10.6 Å². The number of nitrogens with two attached hydrogens (primary N) is 1. The highest BCUT2D eigenvalue weighted by molar-refractivity contribution is 7.86. The Labute approximate surface area is 205 Å². The van der Waals surface area contributed by atoms with Gasteiger partial charge in [0.15, 0.2) is 0 Å². The summed E-state index contributed by atoms with van der Waals surface area (Å²) in [5, 5.41) is 6.07. The number of hydrogen-bond donors (Lipinski definition) is 3. The minimum absolute atomic E-state index is 0. The van der Waals surface area contributed by atoms with Crippen LogP contribution in [-0.4, -0.2) is 66.1 Å². The zero-order valence-corrected chi connectivity index (χ0v) is 20.5. The van der Waals surface area contributed by atoms with Crippen molar-refractivity contribution in [3.8, 4) is 0 Å². The standard InChI is InChI=1S/C21H28ClN5O4S.ClH/c22-18-11-19-12(8-20(28)25-19)7-17(18)21(29)24-14-9-15-1-2-16(10-14)27(15)32(30,31)26-5-3-13(23)4-6-26;/h7,11,13-16H,1-6,8-10,23H2,(H,24,29)(H,25,28);1H/t14-,15+,16-;. The number of rotatable bonds is 4. The van der Waals surface area contributed by atoms with E-state index in [1.54, 1.807) is 20.7 Å². The third kappa shape index (κ3) is 4.61. The minimum Gasteiger partial charge on any atom is -0.349 e. The molecule has 3 saturated heterocycles. The van der Waals surface area contributed by atoms with Gasteiger partial charge in [0.25, 0.3) is 16.1 Å². The highest BCUT2D eigenvalue weighted by atomic mass is 35.5. The maximum absolute atomic E-state index is 13.3. The van der Waals surface area contributed by atoms with Gasteiger partial charge in [0.1, 0.15) is 0 Å². The number of nitrogens with zero attached hydrogens (tertiary/aromatic N) is 2. The van der Waals surface area contributed by atoms with Crippen molar-refractivity contribution in [2.45, 2.75) is 69.1 Å². The number of anilines is 1. The second-order valence-electron chi connectivity index (χ2n) is 9.32. The zero-order chi connectivity index (χ0) is 22.6. The van der Waals surface area contributed by atoms with Crippen molar-refractivity contribution in [3.05, 3.63) is 28.3 Å². The predicted molar refractivity (Wildman–Crippen MR) is 128 cm³/mol. The fourth-order valence-corrected chi connectivity index (χ4v) is 7.88. The fourth-order valence-electron chi connectivity index (χ4n) is 5.55. The van der Waals surface area contributed by atoms with E-state index in [1.807, 2.05) is 0 Å². The molecule has 1 aromatic carbocycles. The second kappa shape index (κ2) is 9.31. The van der Waals surface area contributed by atoms with E-state index >= 15 is 0 Å². The largest absolute Gasteiger partial charge is 0.349 e. The van der Waals surface area contributed by atoms with Crippen molar-refractivity contribution in [2.24, 2.45) is 5.73 Å². The summed E-state index contributed by atoms with van der Waals surface area (Å²) in [7, 11) is -3.53. The van der Waals surface area contributed by atoms with Crippen molar-refractivity contribution in [3.63, 3.8) is 0 Å². The van der Waals surface area contributed by atoms with Gasteiger partial charge in [0, 0.05) is 42.9 Å². The number of benzene rings is 1. The van der Waals surface area contributed by atoms with E-state index in [0.717, 1.165) is 18.4 Å².